The van der Waals surface area contributed by atoms with Crippen molar-refractivity contribution in [1.82, 2.24) is 19.9 Å². The van der Waals surface area contributed by atoms with Gasteiger partial charge in [0.15, 0.2) is 0 Å². The molecule has 2 aromatic carbocycles. The number of nitrogen functional groups attached to an aromatic ring is 1. The molecule has 1 saturated heterocycles. The Morgan fingerprint density at radius 2 is 1.80 bits per heavy atom. The molecule has 5 rings (SSSR count). The molecule has 0 spiro atoms. The topological polar surface area (TPSA) is 94.0 Å². The Morgan fingerprint density at radius 3 is 2.57 bits per heavy atom. The van der Waals surface area contributed by atoms with E-state index in [0.29, 0.717) is 27.6 Å². The molecule has 1 aliphatic rings. The van der Waals surface area contributed by atoms with Crippen molar-refractivity contribution in [3.8, 4) is 11.4 Å². The Labute approximate surface area is 170 Å². The molecule has 1 fully saturated rings. The maximum Gasteiger partial charge on any atom is 0.261 e. The van der Waals surface area contributed by atoms with Gasteiger partial charge in [-0.15, -0.1) is 0 Å². The number of halogens is 2. The van der Waals surface area contributed by atoms with Gasteiger partial charge in [-0.05, 0) is 31.3 Å². The second kappa shape index (κ2) is 6.81. The molecule has 0 saturated carbocycles. The first-order valence-electron chi connectivity index (χ1n) is 9.65. The van der Waals surface area contributed by atoms with Crippen LogP contribution in [0.5, 0.6) is 0 Å². The van der Waals surface area contributed by atoms with Gasteiger partial charge in [-0.3, -0.25) is 4.79 Å². The van der Waals surface area contributed by atoms with Gasteiger partial charge in [0.25, 0.3) is 5.56 Å². The lowest BCUT2D eigenvalue weighted by molar-refractivity contribution is 0.312. The Hall–Kier alpha value is -3.46. The summed E-state index contributed by atoms with van der Waals surface area (Å²) in [4.78, 5) is 27.0. The van der Waals surface area contributed by atoms with Crippen molar-refractivity contribution in [3.63, 3.8) is 0 Å². The van der Waals surface area contributed by atoms with E-state index in [1.54, 1.807) is 6.07 Å². The number of H-pyrrole nitrogens is 2. The summed E-state index contributed by atoms with van der Waals surface area (Å²) in [5.41, 5.74) is 7.87. The summed E-state index contributed by atoms with van der Waals surface area (Å²) in [6, 6.07) is 7.08. The average molecular weight is 410 g/mol. The molecule has 0 bridgehead atoms. The van der Waals surface area contributed by atoms with Crippen LogP contribution in [0.3, 0.4) is 0 Å². The fourth-order valence-corrected chi connectivity index (χ4v) is 3.96. The zero-order valence-corrected chi connectivity index (χ0v) is 16.3. The summed E-state index contributed by atoms with van der Waals surface area (Å²) in [7, 11) is 2.04. The van der Waals surface area contributed by atoms with Crippen LogP contribution in [0.25, 0.3) is 33.3 Å². The van der Waals surface area contributed by atoms with Gasteiger partial charge in [-0.2, -0.15) is 0 Å². The number of nitrogens with two attached hydrogens (primary N) is 1. The van der Waals surface area contributed by atoms with Crippen molar-refractivity contribution < 1.29 is 8.78 Å². The van der Waals surface area contributed by atoms with Crippen molar-refractivity contribution in [2.45, 2.75) is 0 Å². The highest BCUT2D eigenvalue weighted by atomic mass is 19.1. The standard InChI is InChI=1S/C21H20F2N6O/c1-28-4-6-29(7-5-28)17-10-16-15(9-13(17)23)25-20(26-16)18-19(24)12-3-2-11(22)8-14(12)27-21(18)30/h2-3,8-10H,4-7H2,1H3,(H,25,26)(H3,24,27,30). The quantitative estimate of drug-likeness (QED) is 0.472. The third-order valence-corrected chi connectivity index (χ3v) is 5.65. The van der Waals surface area contributed by atoms with Crippen molar-refractivity contribution >= 4 is 33.3 Å². The Kier molecular flexibility index (Phi) is 4.21. The number of fused-ring (bicyclic) bond motifs is 2. The zero-order valence-electron chi connectivity index (χ0n) is 16.3. The van der Waals surface area contributed by atoms with Crippen molar-refractivity contribution in [3.05, 3.63) is 52.3 Å². The predicted octanol–water partition coefficient (Wildman–Crippen LogP) is 2.68. The lowest BCUT2D eigenvalue weighted by Crippen LogP contribution is -2.44. The van der Waals surface area contributed by atoms with Crippen molar-refractivity contribution in [1.29, 1.82) is 0 Å². The number of rotatable bonds is 2. The van der Waals surface area contributed by atoms with Crippen LogP contribution < -0.4 is 16.2 Å². The number of hydrogen-bond donors (Lipinski definition) is 3. The third kappa shape index (κ3) is 2.98. The number of piperazine rings is 1. The van der Waals surface area contributed by atoms with Crippen LogP contribution in [-0.2, 0) is 0 Å². The van der Waals surface area contributed by atoms with Gasteiger partial charge < -0.3 is 25.5 Å². The van der Waals surface area contributed by atoms with Gasteiger partial charge in [0.1, 0.15) is 23.0 Å². The van der Waals surface area contributed by atoms with Gasteiger partial charge in [-0.1, -0.05) is 0 Å². The van der Waals surface area contributed by atoms with E-state index in [-0.39, 0.29) is 22.9 Å². The summed E-state index contributed by atoms with van der Waals surface area (Å²) in [5, 5.41) is 0.510. The fourth-order valence-electron chi connectivity index (χ4n) is 3.96. The molecule has 0 radical (unpaired) electrons. The minimum atomic E-state index is -0.496. The lowest BCUT2D eigenvalue weighted by atomic mass is 10.1. The Balaban J connectivity index is 1.62. The van der Waals surface area contributed by atoms with Crippen LogP contribution >= 0.6 is 0 Å². The first kappa shape index (κ1) is 18.6. The van der Waals surface area contributed by atoms with E-state index < -0.39 is 11.4 Å². The van der Waals surface area contributed by atoms with Gasteiger partial charge in [0.2, 0.25) is 0 Å². The Bertz CT molecular complexity index is 1340. The number of imidazole rings is 1. The van der Waals surface area contributed by atoms with Crippen LogP contribution in [0.15, 0.2) is 35.1 Å². The van der Waals surface area contributed by atoms with Crippen LogP contribution in [0, 0.1) is 11.6 Å². The van der Waals surface area contributed by atoms with E-state index in [4.69, 9.17) is 5.73 Å². The molecular weight excluding hydrogens is 390 g/mol. The van der Waals surface area contributed by atoms with Gasteiger partial charge in [-0.25, -0.2) is 13.8 Å². The van der Waals surface area contributed by atoms with E-state index in [1.165, 1.54) is 24.3 Å². The number of nitrogens with one attached hydrogen (secondary N) is 2. The number of pyridine rings is 1. The first-order valence-corrected chi connectivity index (χ1v) is 9.65. The number of aromatic nitrogens is 3. The van der Waals surface area contributed by atoms with Gasteiger partial charge >= 0.3 is 0 Å². The minimum Gasteiger partial charge on any atom is -0.397 e. The molecule has 4 aromatic rings. The van der Waals surface area contributed by atoms with E-state index in [2.05, 4.69) is 19.9 Å². The number of likely N-dealkylation sites (N-methyl/N-ethyl adjacent to an activating group) is 1. The number of benzene rings is 2. The summed E-state index contributed by atoms with van der Waals surface area (Å²) in [6.07, 6.45) is 0. The molecule has 0 aliphatic carbocycles. The molecule has 0 amide bonds. The van der Waals surface area contributed by atoms with Crippen LogP contribution in [0.2, 0.25) is 0 Å². The smallest absolute Gasteiger partial charge is 0.261 e. The summed E-state index contributed by atoms with van der Waals surface area (Å²) in [6.45, 7) is 3.16. The Morgan fingerprint density at radius 1 is 1.03 bits per heavy atom. The molecule has 0 unspecified atom stereocenters. The molecule has 30 heavy (non-hydrogen) atoms. The molecular formula is C21H20F2N6O. The molecule has 4 N–H and O–H groups in total. The second-order valence-electron chi connectivity index (χ2n) is 7.63. The largest absolute Gasteiger partial charge is 0.397 e. The molecule has 154 valence electrons. The van der Waals surface area contributed by atoms with Crippen molar-refractivity contribution in [2.24, 2.45) is 0 Å². The summed E-state index contributed by atoms with van der Waals surface area (Å²) in [5.74, 6) is -0.580. The highest BCUT2D eigenvalue weighted by Crippen LogP contribution is 2.31. The minimum absolute atomic E-state index is 0.145. The van der Waals surface area contributed by atoms with Crippen LogP contribution in [0.4, 0.5) is 20.2 Å². The van der Waals surface area contributed by atoms with E-state index in [1.807, 2.05) is 11.9 Å². The molecule has 2 aromatic heterocycles. The molecule has 7 nitrogen and oxygen atoms in total. The SMILES string of the molecule is CN1CCN(c2cc3nc(-c4c(N)c5ccc(F)cc5[nH]c4=O)[nH]c3cc2F)CC1. The third-order valence-electron chi connectivity index (χ3n) is 5.65. The fraction of sp³-hybridized carbons (Fsp3) is 0.238. The summed E-state index contributed by atoms with van der Waals surface area (Å²) >= 11 is 0. The molecule has 0 atom stereocenters. The van der Waals surface area contributed by atoms with Gasteiger partial charge in [0.05, 0.1) is 27.9 Å². The number of nitrogens with zero attached hydrogens (tertiary/aromatic N) is 3. The molecule has 1 aliphatic heterocycles. The highest BCUT2D eigenvalue weighted by Gasteiger charge is 2.21. The number of anilines is 2. The van der Waals surface area contributed by atoms with E-state index in [0.717, 1.165) is 26.2 Å². The lowest BCUT2D eigenvalue weighted by Gasteiger charge is -2.34. The normalized spacial score (nSPS) is 15.4. The molecule has 3 heterocycles. The number of aromatic amines is 2. The zero-order chi connectivity index (χ0) is 21.0. The maximum atomic E-state index is 14.8. The summed E-state index contributed by atoms with van der Waals surface area (Å²) < 4.78 is 28.3. The van der Waals surface area contributed by atoms with E-state index in [9.17, 15) is 13.6 Å². The van der Waals surface area contributed by atoms with Crippen molar-refractivity contribution in [2.75, 3.05) is 43.9 Å². The van der Waals surface area contributed by atoms with Crippen LogP contribution in [0.1, 0.15) is 0 Å². The second-order valence-corrected chi connectivity index (χ2v) is 7.63. The average Bonchev–Trinajstić information content (AvgIpc) is 3.10. The monoisotopic (exact) mass is 410 g/mol. The van der Waals surface area contributed by atoms with Crippen LogP contribution in [-0.4, -0.2) is 53.1 Å². The number of hydrogen-bond acceptors (Lipinski definition) is 5. The predicted molar refractivity (Wildman–Crippen MR) is 114 cm³/mol. The van der Waals surface area contributed by atoms with E-state index >= 15 is 0 Å². The maximum absolute atomic E-state index is 14.8. The first-order chi connectivity index (χ1) is 14.4. The highest BCUT2D eigenvalue weighted by molar-refractivity contribution is 5.98. The van der Waals surface area contributed by atoms with Gasteiger partial charge in [0, 0.05) is 37.6 Å². The molecule has 9 heteroatoms.